The highest BCUT2D eigenvalue weighted by molar-refractivity contribution is 6.32. The Bertz CT molecular complexity index is 1060. The third kappa shape index (κ3) is 2.19. The monoisotopic (exact) mass is 363 g/mol. The van der Waals surface area contributed by atoms with Crippen LogP contribution in [0.4, 0.5) is 0 Å². The zero-order valence-corrected chi connectivity index (χ0v) is 14.9. The van der Waals surface area contributed by atoms with Crippen LogP contribution in [0.3, 0.4) is 0 Å². The number of carbonyl (C=O) groups excluding carboxylic acids is 1. The molecule has 0 radical (unpaired) electrons. The van der Waals surface area contributed by atoms with Crippen molar-refractivity contribution in [2.24, 2.45) is 0 Å². The summed E-state index contributed by atoms with van der Waals surface area (Å²) in [5, 5.41) is 11.9. The summed E-state index contributed by atoms with van der Waals surface area (Å²) in [5.74, 6) is 0.0415. The Balaban J connectivity index is 1.69. The topological polar surface area (TPSA) is 57.8 Å². The average molecular weight is 364 g/mol. The number of aromatic amines is 1. The Kier molecular flexibility index (Phi) is 3.52. The number of fused-ring (bicyclic) bond motifs is 3. The number of rotatable bonds is 2. The van der Waals surface area contributed by atoms with Crippen LogP contribution in [0.1, 0.15) is 34.3 Å². The van der Waals surface area contributed by atoms with Gasteiger partial charge in [-0.15, -0.1) is 0 Å². The molecule has 1 aliphatic heterocycles. The predicted octanol–water partition coefficient (Wildman–Crippen LogP) is 4.12. The number of hydrogen-bond donors (Lipinski definition) is 2. The normalized spacial score (nSPS) is 18.1. The largest absolute Gasteiger partial charge is 0.317 e. The standard InChI is InChI=1S/C21H18ClN3O/c22-15-9-14-12-24-25-19(14)16(11-15)20(26)18-10-13-3-1-2-4-17(13)21(18)5-7-23-8-6-21/h1-4,9-12,23H,5-8H2,(H,24,25). The van der Waals surface area contributed by atoms with E-state index in [1.165, 1.54) is 5.56 Å². The van der Waals surface area contributed by atoms with Crippen LogP contribution in [-0.4, -0.2) is 29.1 Å². The highest BCUT2D eigenvalue weighted by Crippen LogP contribution is 2.49. The van der Waals surface area contributed by atoms with Gasteiger partial charge in [-0.05, 0) is 55.3 Å². The number of hydrogen-bond acceptors (Lipinski definition) is 3. The summed E-state index contributed by atoms with van der Waals surface area (Å²) >= 11 is 6.27. The first-order chi connectivity index (χ1) is 12.7. The van der Waals surface area contributed by atoms with Gasteiger partial charge in [0.05, 0.1) is 11.7 Å². The molecular weight excluding hydrogens is 346 g/mol. The summed E-state index contributed by atoms with van der Waals surface area (Å²) in [5.41, 5.74) is 4.43. The molecule has 0 amide bonds. The fourth-order valence-corrected chi connectivity index (χ4v) is 4.74. The molecule has 0 atom stereocenters. The molecule has 5 rings (SSSR count). The van der Waals surface area contributed by atoms with E-state index < -0.39 is 0 Å². The first-order valence-corrected chi connectivity index (χ1v) is 9.27. The Morgan fingerprint density at radius 3 is 2.81 bits per heavy atom. The predicted molar refractivity (Wildman–Crippen MR) is 104 cm³/mol. The summed E-state index contributed by atoms with van der Waals surface area (Å²) in [7, 11) is 0. The quantitative estimate of drug-likeness (QED) is 0.673. The lowest BCUT2D eigenvalue weighted by molar-refractivity contribution is 0.101. The van der Waals surface area contributed by atoms with Crippen molar-refractivity contribution in [2.75, 3.05) is 13.1 Å². The molecule has 0 unspecified atom stereocenters. The highest BCUT2D eigenvalue weighted by Gasteiger charge is 2.45. The first-order valence-electron chi connectivity index (χ1n) is 8.89. The lowest BCUT2D eigenvalue weighted by atomic mass is 9.69. The van der Waals surface area contributed by atoms with Crippen LogP contribution in [0.25, 0.3) is 17.0 Å². The molecule has 1 aromatic heterocycles. The van der Waals surface area contributed by atoms with E-state index >= 15 is 0 Å². The molecule has 0 saturated carbocycles. The van der Waals surface area contributed by atoms with Gasteiger partial charge in [0, 0.05) is 27.0 Å². The molecule has 130 valence electrons. The van der Waals surface area contributed by atoms with Crippen LogP contribution in [0.2, 0.25) is 5.02 Å². The number of Topliss-reactive ketones (excluding diaryl/α,β-unsaturated/α-hetero) is 1. The van der Waals surface area contributed by atoms with Crippen LogP contribution in [0, 0.1) is 0 Å². The second kappa shape index (κ2) is 5.79. The minimum atomic E-state index is -0.215. The van der Waals surface area contributed by atoms with Crippen LogP contribution in [0.15, 0.2) is 48.2 Å². The van der Waals surface area contributed by atoms with Crippen molar-refractivity contribution in [3.63, 3.8) is 0 Å². The van der Waals surface area contributed by atoms with Gasteiger partial charge in [-0.1, -0.05) is 35.9 Å². The number of aromatic nitrogens is 2. The molecule has 1 spiro atoms. The van der Waals surface area contributed by atoms with Crippen LogP contribution >= 0.6 is 11.6 Å². The lowest BCUT2D eigenvalue weighted by Gasteiger charge is -2.37. The first kappa shape index (κ1) is 15.8. The summed E-state index contributed by atoms with van der Waals surface area (Å²) in [6, 6.07) is 11.9. The minimum absolute atomic E-state index is 0.0415. The number of allylic oxidation sites excluding steroid dienone is 1. The molecule has 2 N–H and O–H groups in total. The number of carbonyl (C=O) groups is 1. The van der Waals surface area contributed by atoms with Gasteiger partial charge in [0.25, 0.3) is 0 Å². The van der Waals surface area contributed by atoms with E-state index in [0.717, 1.165) is 48.0 Å². The molecule has 4 nitrogen and oxygen atoms in total. The average Bonchev–Trinajstić information content (AvgIpc) is 3.25. The number of benzene rings is 2. The molecule has 2 aliphatic rings. The van der Waals surface area contributed by atoms with Gasteiger partial charge in [0.15, 0.2) is 5.78 Å². The van der Waals surface area contributed by atoms with Crippen molar-refractivity contribution in [2.45, 2.75) is 18.3 Å². The Hall–Kier alpha value is -2.43. The van der Waals surface area contributed by atoms with E-state index in [1.807, 2.05) is 12.1 Å². The van der Waals surface area contributed by atoms with Gasteiger partial charge in [-0.3, -0.25) is 9.89 Å². The van der Waals surface area contributed by atoms with Crippen LogP contribution in [-0.2, 0) is 5.41 Å². The second-order valence-corrected chi connectivity index (χ2v) is 7.53. The Labute approximate surface area is 156 Å². The van der Waals surface area contributed by atoms with E-state index in [2.05, 4.69) is 39.8 Å². The van der Waals surface area contributed by atoms with E-state index in [1.54, 1.807) is 12.3 Å². The summed E-state index contributed by atoms with van der Waals surface area (Å²) in [4.78, 5) is 13.7. The van der Waals surface area contributed by atoms with Crippen molar-refractivity contribution < 1.29 is 4.79 Å². The maximum Gasteiger partial charge on any atom is 0.192 e. The maximum atomic E-state index is 13.7. The molecule has 1 aliphatic carbocycles. The number of ketones is 1. The van der Waals surface area contributed by atoms with Crippen molar-refractivity contribution in [1.29, 1.82) is 0 Å². The van der Waals surface area contributed by atoms with Crippen molar-refractivity contribution in [3.8, 4) is 0 Å². The molecule has 5 heteroatoms. The van der Waals surface area contributed by atoms with Crippen molar-refractivity contribution >= 4 is 34.4 Å². The minimum Gasteiger partial charge on any atom is -0.317 e. The summed E-state index contributed by atoms with van der Waals surface area (Å²) < 4.78 is 0. The number of piperidine rings is 1. The van der Waals surface area contributed by atoms with Gasteiger partial charge in [-0.2, -0.15) is 5.10 Å². The maximum absolute atomic E-state index is 13.7. The van der Waals surface area contributed by atoms with Gasteiger partial charge in [-0.25, -0.2) is 0 Å². The summed E-state index contributed by atoms with van der Waals surface area (Å²) in [6.07, 6.45) is 5.63. The molecule has 0 bridgehead atoms. The molecular formula is C21H18ClN3O. The highest BCUT2D eigenvalue weighted by atomic mass is 35.5. The van der Waals surface area contributed by atoms with Crippen molar-refractivity contribution in [1.82, 2.24) is 15.5 Å². The lowest BCUT2D eigenvalue weighted by Crippen LogP contribution is -2.41. The van der Waals surface area contributed by atoms with Gasteiger partial charge >= 0.3 is 0 Å². The number of nitrogens with zero attached hydrogens (tertiary/aromatic N) is 1. The van der Waals surface area contributed by atoms with E-state index in [9.17, 15) is 4.79 Å². The third-order valence-electron chi connectivity index (χ3n) is 5.75. The fourth-order valence-electron chi connectivity index (χ4n) is 4.52. The molecule has 1 fully saturated rings. The van der Waals surface area contributed by atoms with E-state index in [4.69, 9.17) is 11.6 Å². The third-order valence-corrected chi connectivity index (χ3v) is 5.97. The SMILES string of the molecule is O=C(C1=Cc2ccccc2C12CCNCC2)c1cc(Cl)cc2cn[nH]c12. The Morgan fingerprint density at radius 2 is 1.96 bits per heavy atom. The zero-order chi connectivity index (χ0) is 17.7. The molecule has 1 saturated heterocycles. The van der Waals surface area contributed by atoms with E-state index in [-0.39, 0.29) is 11.2 Å². The van der Waals surface area contributed by atoms with Crippen LogP contribution in [0.5, 0.6) is 0 Å². The zero-order valence-electron chi connectivity index (χ0n) is 14.2. The summed E-state index contributed by atoms with van der Waals surface area (Å²) in [6.45, 7) is 1.82. The number of nitrogens with one attached hydrogen (secondary N) is 2. The number of halogens is 1. The van der Waals surface area contributed by atoms with Crippen molar-refractivity contribution in [3.05, 3.63) is 69.9 Å². The molecule has 26 heavy (non-hydrogen) atoms. The number of H-pyrrole nitrogens is 1. The Morgan fingerprint density at radius 1 is 1.15 bits per heavy atom. The van der Waals surface area contributed by atoms with Gasteiger partial charge in [0.2, 0.25) is 0 Å². The molecule has 2 aromatic carbocycles. The molecule has 2 heterocycles. The van der Waals surface area contributed by atoms with Crippen LogP contribution < -0.4 is 5.32 Å². The second-order valence-electron chi connectivity index (χ2n) is 7.09. The van der Waals surface area contributed by atoms with Gasteiger partial charge in [0.1, 0.15) is 0 Å². The van der Waals surface area contributed by atoms with E-state index in [0.29, 0.717) is 10.6 Å². The smallest absolute Gasteiger partial charge is 0.192 e. The fraction of sp³-hybridized carbons (Fsp3) is 0.238. The molecule has 3 aromatic rings. The van der Waals surface area contributed by atoms with Gasteiger partial charge < -0.3 is 5.32 Å².